The minimum Gasteiger partial charge on any atom is -0.492 e. The van der Waals surface area contributed by atoms with Crippen LogP contribution in [0.1, 0.15) is 12.5 Å². The Balaban J connectivity index is 2.37. The molecule has 0 aliphatic heterocycles. The Morgan fingerprint density at radius 1 is 1.14 bits per heavy atom. The summed E-state index contributed by atoms with van der Waals surface area (Å²) in [4.78, 5) is -0.187. The summed E-state index contributed by atoms with van der Waals surface area (Å²) in [5.41, 5.74) is 5.74. The van der Waals surface area contributed by atoms with Crippen LogP contribution in [-0.4, -0.2) is 11.6 Å². The number of halogens is 2. The first kappa shape index (κ1) is 15.2. The lowest BCUT2D eigenvalue weighted by molar-refractivity contribution is 0.342. The van der Waals surface area contributed by atoms with E-state index >= 15 is 0 Å². The number of ether oxygens (including phenoxy) is 1. The van der Waals surface area contributed by atoms with E-state index in [2.05, 4.69) is 17.5 Å². The third-order valence-electron chi connectivity index (χ3n) is 2.80. The second kappa shape index (κ2) is 6.49. The SMILES string of the molecule is CCOc1ccccc1Nc1ccc(C(N)=S)c(F)c1F. The number of benzene rings is 2. The summed E-state index contributed by atoms with van der Waals surface area (Å²) >= 11 is 4.67. The zero-order valence-electron chi connectivity index (χ0n) is 11.3. The van der Waals surface area contributed by atoms with Gasteiger partial charge in [-0.3, -0.25) is 0 Å². The average molecular weight is 308 g/mol. The number of thiocarbonyl (C=S) groups is 1. The third-order valence-corrected chi connectivity index (χ3v) is 3.02. The van der Waals surface area contributed by atoms with Gasteiger partial charge in [0, 0.05) is 5.56 Å². The van der Waals surface area contributed by atoms with E-state index in [1.807, 2.05) is 6.92 Å². The topological polar surface area (TPSA) is 47.3 Å². The van der Waals surface area contributed by atoms with E-state index in [0.717, 1.165) is 0 Å². The average Bonchev–Trinajstić information content (AvgIpc) is 2.46. The molecule has 0 aromatic heterocycles. The van der Waals surface area contributed by atoms with Gasteiger partial charge >= 0.3 is 0 Å². The molecule has 0 atom stereocenters. The molecule has 6 heteroatoms. The molecule has 0 heterocycles. The molecule has 0 bridgehead atoms. The van der Waals surface area contributed by atoms with E-state index in [1.165, 1.54) is 12.1 Å². The molecule has 2 aromatic carbocycles. The molecule has 0 saturated carbocycles. The largest absolute Gasteiger partial charge is 0.492 e. The van der Waals surface area contributed by atoms with Gasteiger partial charge in [0.2, 0.25) is 0 Å². The van der Waals surface area contributed by atoms with Crippen LogP contribution in [0, 0.1) is 11.6 Å². The molecule has 0 amide bonds. The molecular weight excluding hydrogens is 294 g/mol. The van der Waals surface area contributed by atoms with E-state index < -0.39 is 11.6 Å². The molecule has 0 fully saturated rings. The maximum absolute atomic E-state index is 14.0. The maximum atomic E-state index is 14.0. The summed E-state index contributed by atoms with van der Waals surface area (Å²) in [7, 11) is 0. The lowest BCUT2D eigenvalue weighted by Gasteiger charge is -2.13. The summed E-state index contributed by atoms with van der Waals surface area (Å²) in [6.45, 7) is 2.31. The van der Waals surface area contributed by atoms with Crippen LogP contribution < -0.4 is 15.8 Å². The quantitative estimate of drug-likeness (QED) is 0.826. The number of rotatable bonds is 5. The first-order valence-electron chi connectivity index (χ1n) is 6.31. The van der Waals surface area contributed by atoms with Crippen molar-refractivity contribution in [3.05, 3.63) is 53.6 Å². The molecule has 0 radical (unpaired) electrons. The van der Waals surface area contributed by atoms with Crippen LogP contribution >= 0.6 is 12.2 Å². The number of hydrogen-bond donors (Lipinski definition) is 2. The Hall–Kier alpha value is -2.21. The van der Waals surface area contributed by atoms with Gasteiger partial charge in [-0.05, 0) is 31.2 Å². The Morgan fingerprint density at radius 2 is 1.86 bits per heavy atom. The van der Waals surface area contributed by atoms with Crippen LogP contribution in [0.4, 0.5) is 20.2 Å². The van der Waals surface area contributed by atoms with Gasteiger partial charge in [0.25, 0.3) is 0 Å². The fourth-order valence-corrected chi connectivity index (χ4v) is 1.99. The van der Waals surface area contributed by atoms with Crippen LogP contribution in [0.25, 0.3) is 0 Å². The van der Waals surface area contributed by atoms with Crippen molar-refractivity contribution < 1.29 is 13.5 Å². The highest BCUT2D eigenvalue weighted by Gasteiger charge is 2.16. The van der Waals surface area contributed by atoms with E-state index in [4.69, 9.17) is 10.5 Å². The van der Waals surface area contributed by atoms with Crippen molar-refractivity contribution in [2.75, 3.05) is 11.9 Å². The second-order valence-electron chi connectivity index (χ2n) is 4.21. The molecular formula is C15H14F2N2OS. The third kappa shape index (κ3) is 3.28. The van der Waals surface area contributed by atoms with Gasteiger partial charge in [-0.25, -0.2) is 8.78 Å². The molecule has 0 aliphatic rings. The Bertz CT molecular complexity index is 677. The number of nitrogens with one attached hydrogen (secondary N) is 1. The van der Waals surface area contributed by atoms with Crippen molar-refractivity contribution in [1.29, 1.82) is 0 Å². The molecule has 0 unspecified atom stereocenters. The molecule has 2 aromatic rings. The number of para-hydroxylation sites is 2. The molecule has 3 N–H and O–H groups in total. The van der Waals surface area contributed by atoms with Gasteiger partial charge in [0.15, 0.2) is 11.6 Å². The van der Waals surface area contributed by atoms with E-state index in [9.17, 15) is 8.78 Å². The van der Waals surface area contributed by atoms with Crippen LogP contribution in [0.3, 0.4) is 0 Å². The Morgan fingerprint density at radius 3 is 2.52 bits per heavy atom. The molecule has 0 saturated heterocycles. The summed E-state index contributed by atoms with van der Waals surface area (Å²) < 4.78 is 33.3. The van der Waals surface area contributed by atoms with Crippen molar-refractivity contribution in [1.82, 2.24) is 0 Å². The fraction of sp³-hybridized carbons (Fsp3) is 0.133. The van der Waals surface area contributed by atoms with Crippen molar-refractivity contribution in [2.45, 2.75) is 6.92 Å². The van der Waals surface area contributed by atoms with Crippen molar-refractivity contribution in [3.63, 3.8) is 0 Å². The summed E-state index contributed by atoms with van der Waals surface area (Å²) in [5.74, 6) is -1.55. The highest BCUT2D eigenvalue weighted by molar-refractivity contribution is 7.80. The zero-order valence-corrected chi connectivity index (χ0v) is 12.1. The first-order valence-corrected chi connectivity index (χ1v) is 6.72. The monoisotopic (exact) mass is 308 g/mol. The van der Waals surface area contributed by atoms with Gasteiger partial charge in [-0.1, -0.05) is 24.4 Å². The lowest BCUT2D eigenvalue weighted by atomic mass is 10.1. The normalized spacial score (nSPS) is 10.2. The summed E-state index contributed by atoms with van der Waals surface area (Å²) in [6.07, 6.45) is 0. The van der Waals surface area contributed by atoms with Gasteiger partial charge in [0.1, 0.15) is 10.7 Å². The molecule has 0 aliphatic carbocycles. The van der Waals surface area contributed by atoms with Crippen molar-refractivity contribution >= 4 is 28.6 Å². The van der Waals surface area contributed by atoms with Gasteiger partial charge in [0.05, 0.1) is 18.0 Å². The van der Waals surface area contributed by atoms with Gasteiger partial charge in [-0.15, -0.1) is 0 Å². The maximum Gasteiger partial charge on any atom is 0.182 e. The van der Waals surface area contributed by atoms with Crippen LogP contribution in [0.15, 0.2) is 36.4 Å². The summed E-state index contributed by atoms with van der Waals surface area (Å²) in [6, 6.07) is 9.74. The Kier molecular flexibility index (Phi) is 4.70. The van der Waals surface area contributed by atoms with Crippen LogP contribution in [0.5, 0.6) is 5.75 Å². The number of hydrogen-bond acceptors (Lipinski definition) is 3. The van der Waals surface area contributed by atoms with Crippen LogP contribution in [-0.2, 0) is 0 Å². The minimum absolute atomic E-state index is 0.0142. The number of nitrogens with two attached hydrogens (primary N) is 1. The molecule has 3 nitrogen and oxygen atoms in total. The van der Waals surface area contributed by atoms with E-state index in [-0.39, 0.29) is 16.2 Å². The predicted molar refractivity (Wildman–Crippen MR) is 83.1 cm³/mol. The second-order valence-corrected chi connectivity index (χ2v) is 4.65. The minimum atomic E-state index is -1.07. The van der Waals surface area contributed by atoms with E-state index in [1.54, 1.807) is 24.3 Å². The van der Waals surface area contributed by atoms with Crippen LogP contribution in [0.2, 0.25) is 0 Å². The Labute approximate surface area is 126 Å². The molecule has 0 spiro atoms. The van der Waals surface area contributed by atoms with Crippen molar-refractivity contribution in [3.8, 4) is 5.75 Å². The number of anilines is 2. The molecule has 21 heavy (non-hydrogen) atoms. The standard InChI is InChI=1S/C15H14F2N2OS/c1-2-20-12-6-4-3-5-10(12)19-11-8-7-9(15(18)21)13(16)14(11)17/h3-8,19H,2H2,1H3,(H2,18,21). The summed E-state index contributed by atoms with van der Waals surface area (Å²) in [5, 5.41) is 2.81. The molecule has 2 rings (SSSR count). The predicted octanol–water partition coefficient (Wildman–Crippen LogP) is 3.74. The highest BCUT2D eigenvalue weighted by Crippen LogP contribution is 2.30. The van der Waals surface area contributed by atoms with Gasteiger partial charge in [-0.2, -0.15) is 0 Å². The smallest absolute Gasteiger partial charge is 0.182 e. The van der Waals surface area contributed by atoms with Crippen molar-refractivity contribution in [2.24, 2.45) is 5.73 Å². The highest BCUT2D eigenvalue weighted by atomic mass is 32.1. The van der Waals surface area contributed by atoms with Gasteiger partial charge < -0.3 is 15.8 Å². The lowest BCUT2D eigenvalue weighted by Crippen LogP contribution is -2.13. The zero-order chi connectivity index (χ0) is 15.4. The first-order chi connectivity index (χ1) is 10.0. The molecule has 110 valence electrons. The van der Waals surface area contributed by atoms with E-state index in [0.29, 0.717) is 18.0 Å². The fourth-order valence-electron chi connectivity index (χ4n) is 1.83.